The number of hydrogen-bond donors (Lipinski definition) is 2. The van der Waals surface area contributed by atoms with E-state index < -0.39 is 23.5 Å². The van der Waals surface area contributed by atoms with Gasteiger partial charge in [-0.3, -0.25) is 14.9 Å². The summed E-state index contributed by atoms with van der Waals surface area (Å²) in [6.45, 7) is 5.57. The Morgan fingerprint density at radius 2 is 1.56 bits per heavy atom. The lowest BCUT2D eigenvalue weighted by Crippen LogP contribution is -2.27. The second-order valence-corrected chi connectivity index (χ2v) is 10.6. The number of hydrogen-bond acceptors (Lipinski definition) is 7. The number of imide groups is 1. The summed E-state index contributed by atoms with van der Waals surface area (Å²) in [6.07, 6.45) is -0.684. The van der Waals surface area contributed by atoms with Gasteiger partial charge in [-0.2, -0.15) is 0 Å². The van der Waals surface area contributed by atoms with Gasteiger partial charge < -0.3 is 19.3 Å². The highest BCUT2D eigenvalue weighted by Gasteiger charge is 2.36. The van der Waals surface area contributed by atoms with E-state index in [0.717, 1.165) is 5.56 Å². The van der Waals surface area contributed by atoms with Gasteiger partial charge in [0.2, 0.25) is 0 Å². The summed E-state index contributed by atoms with van der Waals surface area (Å²) in [5.74, 6) is -0.831. The standard InChI is InChI=1S/C32H26N2O7/c1-32(2,3)41-31(38)34-21-15-19(39-17-18-9-5-4-6-10-18)13-14-20(21)26-22(34)16-25(27-28(26)30(37)33-29(27)36)40-24-12-8-7-11-23(24)35/h4-16,35H,17H2,1-3H3,(H,33,36,37). The van der Waals surface area contributed by atoms with Crippen LogP contribution in [0.1, 0.15) is 47.1 Å². The van der Waals surface area contributed by atoms with E-state index in [1.54, 1.807) is 51.1 Å². The maximum absolute atomic E-state index is 13.7. The number of rotatable bonds is 5. The molecule has 0 saturated carbocycles. The van der Waals surface area contributed by atoms with E-state index >= 15 is 0 Å². The number of benzene rings is 4. The molecule has 0 fully saturated rings. The number of ether oxygens (including phenoxy) is 3. The van der Waals surface area contributed by atoms with Crippen LogP contribution >= 0.6 is 0 Å². The molecule has 6 rings (SSSR count). The summed E-state index contributed by atoms with van der Waals surface area (Å²) in [5.41, 5.74) is 0.957. The Morgan fingerprint density at radius 1 is 0.854 bits per heavy atom. The third kappa shape index (κ3) is 4.71. The summed E-state index contributed by atoms with van der Waals surface area (Å²) < 4.78 is 19.1. The average molecular weight is 551 g/mol. The molecule has 2 N–H and O–H groups in total. The van der Waals surface area contributed by atoms with Crippen molar-refractivity contribution in [2.45, 2.75) is 33.0 Å². The largest absolute Gasteiger partial charge is 0.504 e. The number of aromatic nitrogens is 1. The third-order valence-electron chi connectivity index (χ3n) is 6.58. The Balaban J connectivity index is 1.59. The second kappa shape index (κ2) is 9.71. The van der Waals surface area contributed by atoms with Crippen LogP contribution < -0.4 is 14.8 Å². The van der Waals surface area contributed by atoms with Crippen molar-refractivity contribution in [2.75, 3.05) is 0 Å². The number of carbonyl (C=O) groups is 3. The zero-order valence-corrected chi connectivity index (χ0v) is 22.6. The first-order chi connectivity index (χ1) is 19.6. The van der Waals surface area contributed by atoms with Crippen molar-refractivity contribution >= 4 is 39.7 Å². The Bertz CT molecular complexity index is 1870. The summed E-state index contributed by atoms with van der Waals surface area (Å²) in [6, 6.07) is 22.6. The van der Waals surface area contributed by atoms with Gasteiger partial charge in [0.1, 0.15) is 23.7 Å². The molecule has 0 aliphatic carbocycles. The summed E-state index contributed by atoms with van der Waals surface area (Å²) in [4.78, 5) is 39.8. The molecule has 0 atom stereocenters. The van der Waals surface area contributed by atoms with E-state index in [9.17, 15) is 19.5 Å². The first-order valence-electron chi connectivity index (χ1n) is 13.0. The summed E-state index contributed by atoms with van der Waals surface area (Å²) in [7, 11) is 0. The maximum Gasteiger partial charge on any atom is 0.419 e. The van der Waals surface area contributed by atoms with E-state index in [4.69, 9.17) is 14.2 Å². The van der Waals surface area contributed by atoms with Crippen LogP contribution in [-0.4, -0.2) is 33.2 Å². The van der Waals surface area contributed by atoms with Crippen LogP contribution in [0.2, 0.25) is 0 Å². The molecule has 9 nitrogen and oxygen atoms in total. The van der Waals surface area contributed by atoms with E-state index in [1.807, 2.05) is 30.3 Å². The van der Waals surface area contributed by atoms with Gasteiger partial charge in [0.05, 0.1) is 22.2 Å². The number of para-hydroxylation sites is 2. The quantitative estimate of drug-likeness (QED) is 0.239. The minimum absolute atomic E-state index is 0.00511. The SMILES string of the molecule is CC(C)(C)OC(=O)n1c2cc(OCc3ccccc3)ccc2c2c3c(c(Oc4ccccc4O)cc21)C(=O)NC3=O. The lowest BCUT2D eigenvalue weighted by Gasteiger charge is -2.20. The fraction of sp³-hybridized carbons (Fsp3) is 0.156. The monoisotopic (exact) mass is 550 g/mol. The molecule has 0 unspecified atom stereocenters. The van der Waals surface area contributed by atoms with Crippen LogP contribution in [0.15, 0.2) is 78.9 Å². The highest BCUT2D eigenvalue weighted by molar-refractivity contribution is 6.32. The molecule has 9 heteroatoms. The van der Waals surface area contributed by atoms with Crippen LogP contribution in [0.5, 0.6) is 23.0 Å². The van der Waals surface area contributed by atoms with Gasteiger partial charge >= 0.3 is 6.09 Å². The van der Waals surface area contributed by atoms with Crippen LogP contribution in [-0.2, 0) is 11.3 Å². The molecule has 0 radical (unpaired) electrons. The van der Waals surface area contributed by atoms with Gasteiger partial charge in [-0.25, -0.2) is 9.36 Å². The first-order valence-corrected chi connectivity index (χ1v) is 13.0. The number of phenols is 1. The molecule has 5 aromatic rings. The number of phenolic OH excluding ortho intramolecular Hbond substituents is 1. The van der Waals surface area contributed by atoms with Crippen molar-refractivity contribution in [3.63, 3.8) is 0 Å². The molecule has 1 aromatic heterocycles. The van der Waals surface area contributed by atoms with E-state index in [2.05, 4.69) is 5.32 Å². The summed E-state index contributed by atoms with van der Waals surface area (Å²) in [5, 5.41) is 13.6. The topological polar surface area (TPSA) is 116 Å². The summed E-state index contributed by atoms with van der Waals surface area (Å²) >= 11 is 0. The molecule has 2 heterocycles. The molecule has 0 bridgehead atoms. The zero-order chi connectivity index (χ0) is 28.9. The van der Waals surface area contributed by atoms with Crippen molar-refractivity contribution in [1.82, 2.24) is 9.88 Å². The number of aromatic hydroxyl groups is 1. The number of nitrogens with zero attached hydrogens (tertiary/aromatic N) is 1. The fourth-order valence-electron chi connectivity index (χ4n) is 4.89. The number of fused-ring (bicyclic) bond motifs is 5. The Labute approximate surface area is 234 Å². The molecular weight excluding hydrogens is 524 g/mol. The van der Waals surface area contributed by atoms with Crippen LogP contribution in [0, 0.1) is 0 Å². The fourth-order valence-corrected chi connectivity index (χ4v) is 4.89. The van der Waals surface area contributed by atoms with E-state index in [1.165, 1.54) is 22.8 Å². The molecule has 1 aliphatic rings. The smallest absolute Gasteiger partial charge is 0.419 e. The number of carbonyl (C=O) groups excluding carboxylic acids is 3. The minimum Gasteiger partial charge on any atom is -0.504 e. The Morgan fingerprint density at radius 3 is 2.29 bits per heavy atom. The van der Waals surface area contributed by atoms with Crippen molar-refractivity contribution in [3.05, 3.63) is 95.6 Å². The molecule has 4 aromatic carbocycles. The van der Waals surface area contributed by atoms with Gasteiger partial charge in [0, 0.05) is 22.9 Å². The number of nitrogens with one attached hydrogen (secondary N) is 1. The average Bonchev–Trinajstić information content (AvgIpc) is 3.41. The van der Waals surface area contributed by atoms with Crippen LogP contribution in [0.4, 0.5) is 4.79 Å². The predicted molar refractivity (Wildman–Crippen MR) is 152 cm³/mol. The van der Waals surface area contributed by atoms with Gasteiger partial charge in [0.25, 0.3) is 11.8 Å². The van der Waals surface area contributed by atoms with Gasteiger partial charge in [0.15, 0.2) is 11.5 Å². The normalized spacial score (nSPS) is 12.9. The molecule has 41 heavy (non-hydrogen) atoms. The zero-order valence-electron chi connectivity index (χ0n) is 22.6. The third-order valence-corrected chi connectivity index (χ3v) is 6.58. The molecule has 1 aliphatic heterocycles. The predicted octanol–water partition coefficient (Wildman–Crippen LogP) is 6.54. The lowest BCUT2D eigenvalue weighted by molar-refractivity contribution is 0.0550. The molecule has 0 saturated heterocycles. The second-order valence-electron chi connectivity index (χ2n) is 10.6. The first kappa shape index (κ1) is 25.9. The molecular formula is C32H26N2O7. The maximum atomic E-state index is 13.7. The minimum atomic E-state index is -0.819. The van der Waals surface area contributed by atoms with Crippen molar-refractivity contribution < 1.29 is 33.7 Å². The van der Waals surface area contributed by atoms with Gasteiger partial charge in [-0.15, -0.1) is 0 Å². The Hall–Kier alpha value is -5.31. The number of amides is 2. The van der Waals surface area contributed by atoms with Gasteiger partial charge in [-0.1, -0.05) is 42.5 Å². The van der Waals surface area contributed by atoms with E-state index in [-0.39, 0.29) is 28.4 Å². The van der Waals surface area contributed by atoms with Crippen molar-refractivity contribution in [2.24, 2.45) is 0 Å². The Kier molecular flexibility index (Phi) is 6.14. The molecule has 0 spiro atoms. The molecule has 2 amide bonds. The highest BCUT2D eigenvalue weighted by atomic mass is 16.6. The van der Waals surface area contributed by atoms with E-state index in [0.29, 0.717) is 34.2 Å². The lowest BCUT2D eigenvalue weighted by atomic mass is 10.0. The van der Waals surface area contributed by atoms with Crippen molar-refractivity contribution in [3.8, 4) is 23.0 Å². The van der Waals surface area contributed by atoms with Crippen molar-refractivity contribution in [1.29, 1.82) is 0 Å². The van der Waals surface area contributed by atoms with Crippen LogP contribution in [0.3, 0.4) is 0 Å². The highest BCUT2D eigenvalue weighted by Crippen LogP contribution is 2.43. The van der Waals surface area contributed by atoms with Crippen LogP contribution in [0.25, 0.3) is 21.8 Å². The van der Waals surface area contributed by atoms with Gasteiger partial charge in [-0.05, 0) is 50.6 Å². The molecule has 206 valence electrons.